The zero-order valence-electron chi connectivity index (χ0n) is 20.6. The number of carbonyl (C=O) groups excluding carboxylic acids is 1. The number of hydrogen-bond donors (Lipinski definition) is 0. The number of piperidine rings is 1. The van der Waals surface area contributed by atoms with Crippen LogP contribution in [-0.4, -0.2) is 45.7 Å². The summed E-state index contributed by atoms with van der Waals surface area (Å²) >= 11 is 0. The highest BCUT2D eigenvalue weighted by Crippen LogP contribution is 2.29. The number of imidazole rings is 1. The van der Waals surface area contributed by atoms with Gasteiger partial charge in [-0.2, -0.15) is 4.73 Å². The van der Waals surface area contributed by atoms with E-state index in [4.69, 9.17) is 9.72 Å². The van der Waals surface area contributed by atoms with E-state index >= 15 is 0 Å². The lowest BCUT2D eigenvalue weighted by Gasteiger charge is -2.32. The average Bonchev–Trinajstić information content (AvgIpc) is 3.21. The highest BCUT2D eigenvalue weighted by molar-refractivity contribution is 6.01. The maximum Gasteiger partial charge on any atom is 0.309 e. The van der Waals surface area contributed by atoms with Gasteiger partial charge in [-0.3, -0.25) is 4.79 Å². The Labute approximate surface area is 205 Å². The fourth-order valence-electron chi connectivity index (χ4n) is 4.94. The van der Waals surface area contributed by atoms with Crippen molar-refractivity contribution < 1.29 is 14.3 Å². The molecule has 1 aliphatic heterocycles. The highest BCUT2D eigenvalue weighted by atomic mass is 16.6. The van der Waals surface area contributed by atoms with E-state index in [1.54, 1.807) is 6.20 Å². The van der Waals surface area contributed by atoms with Crippen LogP contribution in [0.1, 0.15) is 33.6 Å². The van der Waals surface area contributed by atoms with Crippen molar-refractivity contribution in [1.82, 2.24) is 14.5 Å². The second-order valence-electron chi connectivity index (χ2n) is 10.3. The monoisotopic (exact) mass is 472 g/mol. The molecule has 7 heteroatoms. The van der Waals surface area contributed by atoms with Crippen LogP contribution in [0.4, 0.5) is 0 Å². The van der Waals surface area contributed by atoms with Crippen LogP contribution in [0, 0.1) is 11.1 Å². The molecule has 5 rings (SSSR count). The molecule has 0 amide bonds. The number of pyridine rings is 1. The zero-order chi connectivity index (χ0) is 24.6. The van der Waals surface area contributed by atoms with Gasteiger partial charge < -0.3 is 19.4 Å². The number of para-hydroxylation sites is 1. The molecule has 1 saturated heterocycles. The fraction of sp³-hybridized carbons (Fsp3) is 0.393. The van der Waals surface area contributed by atoms with Gasteiger partial charge in [-0.15, -0.1) is 0 Å². The second kappa shape index (κ2) is 9.30. The topological polar surface area (TPSA) is 74.3 Å². The molecular formula is C28H32N4O3. The molecule has 0 spiro atoms. The molecule has 35 heavy (non-hydrogen) atoms. The molecule has 0 radical (unpaired) electrons. The van der Waals surface area contributed by atoms with Crippen LogP contribution in [0.15, 0.2) is 60.8 Å². The van der Waals surface area contributed by atoms with Crippen molar-refractivity contribution in [1.29, 1.82) is 0 Å². The van der Waals surface area contributed by atoms with Gasteiger partial charge in [0.25, 0.3) is 0 Å². The summed E-state index contributed by atoms with van der Waals surface area (Å²) in [6, 6.07) is 17.8. The standard InChI is InChI=1S/C28H32N4O3/c1-28(2,3)35-27(33)21-13-15-30(16-14-21)17-18-31-25-22-11-7-8-12-24(22)32(34)19-23(25)29-26(31)20-9-5-4-6-10-20/h4-12,19,21H,13-18H2,1-3H3. The fourth-order valence-corrected chi connectivity index (χ4v) is 4.94. The first-order valence-corrected chi connectivity index (χ1v) is 12.3. The Morgan fingerprint density at radius 3 is 2.46 bits per heavy atom. The average molecular weight is 473 g/mol. The molecule has 0 saturated carbocycles. The van der Waals surface area contributed by atoms with E-state index in [9.17, 15) is 10.0 Å². The highest BCUT2D eigenvalue weighted by Gasteiger charge is 2.29. The summed E-state index contributed by atoms with van der Waals surface area (Å²) < 4.78 is 8.75. The molecule has 0 bridgehead atoms. The van der Waals surface area contributed by atoms with Crippen LogP contribution in [0.3, 0.4) is 0 Å². The summed E-state index contributed by atoms with van der Waals surface area (Å²) in [5.74, 6) is 0.748. The predicted molar refractivity (Wildman–Crippen MR) is 137 cm³/mol. The van der Waals surface area contributed by atoms with Gasteiger partial charge in [-0.1, -0.05) is 42.5 Å². The molecule has 0 N–H and O–H groups in total. The minimum Gasteiger partial charge on any atom is -0.618 e. The summed E-state index contributed by atoms with van der Waals surface area (Å²) in [6.45, 7) is 9.04. The largest absolute Gasteiger partial charge is 0.618 e. The quantitative estimate of drug-likeness (QED) is 0.242. The van der Waals surface area contributed by atoms with Crippen molar-refractivity contribution in [3.8, 4) is 11.4 Å². The molecule has 0 atom stereocenters. The Hall–Kier alpha value is -3.45. The van der Waals surface area contributed by atoms with Gasteiger partial charge >= 0.3 is 5.97 Å². The third-order valence-corrected chi connectivity index (χ3v) is 6.63. The van der Waals surface area contributed by atoms with Gasteiger partial charge in [-0.05, 0) is 52.8 Å². The SMILES string of the molecule is CC(C)(C)OC(=O)C1CCN(CCn2c(-c3ccccc3)nc3c[n+]([O-])c4ccccc4c32)CC1. The molecule has 0 unspecified atom stereocenters. The lowest BCUT2D eigenvalue weighted by molar-refractivity contribution is -0.575. The second-order valence-corrected chi connectivity index (χ2v) is 10.3. The molecule has 3 heterocycles. The molecular weight excluding hydrogens is 440 g/mol. The Bertz CT molecular complexity index is 1350. The summed E-state index contributed by atoms with van der Waals surface area (Å²) in [5.41, 5.74) is 2.89. The van der Waals surface area contributed by atoms with Gasteiger partial charge in [0.1, 0.15) is 11.4 Å². The number of likely N-dealkylation sites (tertiary alicyclic amines) is 1. The van der Waals surface area contributed by atoms with Gasteiger partial charge in [0.15, 0.2) is 5.52 Å². The van der Waals surface area contributed by atoms with Gasteiger partial charge in [0, 0.05) is 24.7 Å². The van der Waals surface area contributed by atoms with E-state index in [0.29, 0.717) is 11.0 Å². The summed E-state index contributed by atoms with van der Waals surface area (Å²) in [4.78, 5) is 19.8. The first-order valence-electron chi connectivity index (χ1n) is 12.3. The number of ether oxygens (including phenoxy) is 1. The van der Waals surface area contributed by atoms with Gasteiger partial charge in [-0.25, -0.2) is 4.98 Å². The Kier molecular flexibility index (Phi) is 6.19. The van der Waals surface area contributed by atoms with Gasteiger partial charge in [0.2, 0.25) is 11.7 Å². The normalized spacial score (nSPS) is 15.6. The van der Waals surface area contributed by atoms with E-state index in [-0.39, 0.29) is 11.9 Å². The molecule has 0 aliphatic carbocycles. The molecule has 4 aromatic rings. The number of carbonyl (C=O) groups is 1. The van der Waals surface area contributed by atoms with Crippen LogP contribution in [-0.2, 0) is 16.1 Å². The van der Waals surface area contributed by atoms with Crippen LogP contribution >= 0.6 is 0 Å². The third kappa shape index (κ3) is 4.86. The Morgan fingerprint density at radius 2 is 1.74 bits per heavy atom. The molecule has 1 aliphatic rings. The predicted octanol–water partition coefficient (Wildman–Crippen LogP) is 4.54. The van der Waals surface area contributed by atoms with Crippen molar-refractivity contribution in [2.24, 2.45) is 5.92 Å². The van der Waals surface area contributed by atoms with E-state index < -0.39 is 5.60 Å². The van der Waals surface area contributed by atoms with Crippen molar-refractivity contribution in [2.75, 3.05) is 19.6 Å². The first kappa shape index (κ1) is 23.3. The number of esters is 1. The van der Waals surface area contributed by atoms with E-state index in [0.717, 1.165) is 66.0 Å². The first-order chi connectivity index (χ1) is 16.8. The maximum atomic E-state index is 12.6. The summed E-state index contributed by atoms with van der Waals surface area (Å²) in [5, 5.41) is 13.6. The van der Waals surface area contributed by atoms with Crippen LogP contribution in [0.5, 0.6) is 0 Å². The lowest BCUT2D eigenvalue weighted by Crippen LogP contribution is -2.40. The molecule has 182 valence electrons. The Morgan fingerprint density at radius 1 is 1.06 bits per heavy atom. The number of aromatic nitrogens is 3. The number of benzene rings is 2. The molecule has 2 aromatic heterocycles. The van der Waals surface area contributed by atoms with Crippen LogP contribution < -0.4 is 4.73 Å². The number of fused-ring (bicyclic) bond motifs is 3. The number of rotatable bonds is 5. The van der Waals surface area contributed by atoms with Crippen LogP contribution in [0.2, 0.25) is 0 Å². The van der Waals surface area contributed by atoms with Gasteiger partial charge in [0.05, 0.1) is 16.8 Å². The molecule has 2 aromatic carbocycles. The van der Waals surface area contributed by atoms with E-state index in [2.05, 4.69) is 21.6 Å². The van der Waals surface area contributed by atoms with Crippen molar-refractivity contribution in [3.63, 3.8) is 0 Å². The lowest BCUT2D eigenvalue weighted by atomic mass is 9.96. The maximum absolute atomic E-state index is 12.6. The summed E-state index contributed by atoms with van der Waals surface area (Å²) in [6.07, 6.45) is 3.20. The number of nitrogens with zero attached hydrogens (tertiary/aromatic N) is 4. The van der Waals surface area contributed by atoms with Crippen molar-refractivity contribution in [3.05, 3.63) is 66.0 Å². The molecule has 1 fully saturated rings. The van der Waals surface area contributed by atoms with Crippen molar-refractivity contribution in [2.45, 2.75) is 45.8 Å². The van der Waals surface area contributed by atoms with Crippen molar-refractivity contribution >= 4 is 27.9 Å². The van der Waals surface area contributed by atoms with Crippen LogP contribution in [0.25, 0.3) is 33.3 Å². The minimum absolute atomic E-state index is 0.0316. The molecule has 7 nitrogen and oxygen atoms in total. The van der Waals surface area contributed by atoms with E-state index in [1.807, 2.05) is 63.2 Å². The minimum atomic E-state index is -0.449. The third-order valence-electron chi connectivity index (χ3n) is 6.63. The Balaban J connectivity index is 1.41. The zero-order valence-corrected chi connectivity index (χ0v) is 20.6. The number of hydrogen-bond acceptors (Lipinski definition) is 5. The summed E-state index contributed by atoms with van der Waals surface area (Å²) in [7, 11) is 0. The van der Waals surface area contributed by atoms with E-state index in [1.165, 1.54) is 0 Å². The smallest absolute Gasteiger partial charge is 0.309 e.